The van der Waals surface area contributed by atoms with Crippen LogP contribution in [0.4, 0.5) is 4.39 Å². The van der Waals surface area contributed by atoms with E-state index in [1.807, 2.05) is 0 Å². The molecule has 0 saturated carbocycles. The summed E-state index contributed by atoms with van der Waals surface area (Å²) in [6, 6.07) is 7.58. The second kappa shape index (κ2) is 10.0. The van der Waals surface area contributed by atoms with E-state index in [-0.39, 0.29) is 12.4 Å². The maximum atomic E-state index is 13.8. The zero-order valence-corrected chi connectivity index (χ0v) is 15.4. The van der Waals surface area contributed by atoms with Crippen molar-refractivity contribution >= 4 is 35.0 Å². The van der Waals surface area contributed by atoms with Crippen molar-refractivity contribution in [2.75, 3.05) is 14.2 Å². The van der Waals surface area contributed by atoms with Crippen LogP contribution in [0.25, 0.3) is 0 Å². The summed E-state index contributed by atoms with van der Waals surface area (Å²) in [7, 11) is 2.78. The summed E-state index contributed by atoms with van der Waals surface area (Å²) in [6.45, 7) is 0.361. The average Bonchev–Trinajstić information content (AvgIpc) is 2.57. The molecule has 2 aromatic rings. The van der Waals surface area contributed by atoms with Gasteiger partial charge in [0.1, 0.15) is 29.7 Å². The minimum absolute atomic E-state index is 0.00738. The van der Waals surface area contributed by atoms with Crippen LogP contribution >= 0.6 is 28.6 Å². The van der Waals surface area contributed by atoms with Gasteiger partial charge >= 0.3 is 0 Å². The molecular weight excluding hydrogens is 403 g/mol. The van der Waals surface area contributed by atoms with Gasteiger partial charge in [-0.3, -0.25) is 4.79 Å². The summed E-state index contributed by atoms with van der Waals surface area (Å²) >= 11 is 7.38. The number of benzene rings is 2. The maximum absolute atomic E-state index is 13.8. The van der Waals surface area contributed by atoms with E-state index in [0.29, 0.717) is 32.9 Å². The van der Waals surface area contributed by atoms with Crippen molar-refractivity contribution in [2.24, 2.45) is 0 Å². The lowest BCUT2D eigenvalue weighted by Crippen LogP contribution is -2.02. The van der Waals surface area contributed by atoms with Gasteiger partial charge in [-0.05, 0) is 34.1 Å². The molecule has 0 saturated heterocycles. The fourth-order valence-corrected chi connectivity index (χ4v) is 2.49. The average molecular weight is 419 g/mol. The molecule has 24 heavy (non-hydrogen) atoms. The van der Waals surface area contributed by atoms with E-state index in [1.165, 1.54) is 26.4 Å². The predicted octanol–water partition coefficient (Wildman–Crippen LogP) is 3.96. The van der Waals surface area contributed by atoms with E-state index in [0.717, 1.165) is 0 Å². The first kappa shape index (κ1) is 20.1. The van der Waals surface area contributed by atoms with Gasteiger partial charge in [0.25, 0.3) is 6.47 Å². The molecule has 0 aromatic heterocycles. The molecule has 0 aliphatic rings. The van der Waals surface area contributed by atoms with Crippen LogP contribution in [0, 0.1) is 5.82 Å². The van der Waals surface area contributed by atoms with Crippen molar-refractivity contribution in [1.29, 1.82) is 0 Å². The van der Waals surface area contributed by atoms with Gasteiger partial charge in [0.2, 0.25) is 0 Å². The summed E-state index contributed by atoms with van der Waals surface area (Å²) in [5.41, 5.74) is 0.316. The van der Waals surface area contributed by atoms with Crippen molar-refractivity contribution in [2.45, 2.75) is 11.5 Å². The molecule has 5 nitrogen and oxygen atoms in total. The van der Waals surface area contributed by atoms with E-state index in [2.05, 4.69) is 33.3 Å². The second-order valence-corrected chi connectivity index (χ2v) is 5.65. The molecule has 0 atom stereocenters. The number of ether oxygens (including phenoxy) is 3. The SMILES string of the molecule is COC=O.COc1cccc(F)c1COc1cc(O)c(S)cc1Br. The van der Waals surface area contributed by atoms with Crippen molar-refractivity contribution in [3.8, 4) is 17.2 Å². The highest BCUT2D eigenvalue weighted by Crippen LogP contribution is 2.35. The van der Waals surface area contributed by atoms with Crippen LogP contribution in [0.5, 0.6) is 17.2 Å². The maximum Gasteiger partial charge on any atom is 0.292 e. The number of methoxy groups -OCH3 is 2. The lowest BCUT2D eigenvalue weighted by atomic mass is 10.2. The van der Waals surface area contributed by atoms with Crippen LogP contribution in [-0.4, -0.2) is 25.8 Å². The molecular formula is C16H16BrFO5S. The van der Waals surface area contributed by atoms with E-state index < -0.39 is 5.82 Å². The molecule has 0 amide bonds. The molecule has 1 N–H and O–H groups in total. The summed E-state index contributed by atoms with van der Waals surface area (Å²) in [5, 5.41) is 9.60. The fraction of sp³-hybridized carbons (Fsp3) is 0.188. The third-order valence-electron chi connectivity index (χ3n) is 2.79. The van der Waals surface area contributed by atoms with Crippen molar-refractivity contribution < 1.29 is 28.5 Å². The van der Waals surface area contributed by atoms with Gasteiger partial charge in [-0.15, -0.1) is 12.6 Å². The van der Waals surface area contributed by atoms with E-state index >= 15 is 0 Å². The van der Waals surface area contributed by atoms with Crippen LogP contribution in [0.15, 0.2) is 39.7 Å². The Morgan fingerprint density at radius 1 is 1.29 bits per heavy atom. The third-order valence-corrected chi connectivity index (χ3v) is 3.77. The van der Waals surface area contributed by atoms with Gasteiger partial charge in [0, 0.05) is 11.0 Å². The first-order chi connectivity index (χ1) is 11.4. The molecule has 0 unspecified atom stereocenters. The number of halogens is 2. The van der Waals surface area contributed by atoms with Gasteiger partial charge in [0.15, 0.2) is 0 Å². The van der Waals surface area contributed by atoms with Gasteiger partial charge in [-0.2, -0.15) is 0 Å². The Morgan fingerprint density at radius 3 is 2.54 bits per heavy atom. The molecule has 0 aliphatic carbocycles. The summed E-state index contributed by atoms with van der Waals surface area (Å²) < 4.78 is 28.8. The third kappa shape index (κ3) is 5.61. The molecule has 0 bridgehead atoms. The van der Waals surface area contributed by atoms with Crippen LogP contribution in [-0.2, 0) is 16.1 Å². The first-order valence-corrected chi connectivity index (χ1v) is 7.80. The largest absolute Gasteiger partial charge is 0.507 e. The fourth-order valence-electron chi connectivity index (χ4n) is 1.66. The molecule has 0 heterocycles. The lowest BCUT2D eigenvalue weighted by Gasteiger charge is -2.13. The zero-order valence-electron chi connectivity index (χ0n) is 13.0. The van der Waals surface area contributed by atoms with E-state index in [9.17, 15) is 9.50 Å². The number of aromatic hydroxyl groups is 1. The van der Waals surface area contributed by atoms with Crippen molar-refractivity contribution in [3.05, 3.63) is 46.2 Å². The summed E-state index contributed by atoms with van der Waals surface area (Å²) in [6.07, 6.45) is 0. The van der Waals surface area contributed by atoms with Gasteiger partial charge in [-0.1, -0.05) is 6.07 Å². The quantitative estimate of drug-likeness (QED) is 0.568. The standard InChI is InChI=1S/C14H12BrFO3S.C2H4O2/c1-18-12-4-2-3-10(16)8(12)7-19-13-6-11(17)14(20)5-9(13)15;1-4-2-3/h2-6,17,20H,7H2,1H3;2H,1H3. The number of carbonyl (C=O) groups excluding carboxylic acids is 1. The second-order valence-electron chi connectivity index (χ2n) is 4.31. The lowest BCUT2D eigenvalue weighted by molar-refractivity contribution is -0.126. The first-order valence-electron chi connectivity index (χ1n) is 6.56. The number of carbonyl (C=O) groups is 1. The highest BCUT2D eigenvalue weighted by atomic mass is 79.9. The Balaban J connectivity index is 0.000000648. The topological polar surface area (TPSA) is 65.0 Å². The number of thiol groups is 1. The Hall–Kier alpha value is -1.93. The molecule has 0 spiro atoms. The minimum atomic E-state index is -0.407. The Morgan fingerprint density at radius 2 is 1.96 bits per heavy atom. The molecule has 8 heteroatoms. The molecule has 2 rings (SSSR count). The van der Waals surface area contributed by atoms with Gasteiger partial charge < -0.3 is 19.3 Å². The summed E-state index contributed by atoms with van der Waals surface area (Å²) in [4.78, 5) is 9.38. The van der Waals surface area contributed by atoms with Crippen LogP contribution < -0.4 is 9.47 Å². The monoisotopic (exact) mass is 418 g/mol. The Kier molecular flexibility index (Phi) is 8.42. The highest BCUT2D eigenvalue weighted by molar-refractivity contribution is 9.10. The normalized spacial score (nSPS) is 9.54. The molecule has 0 aliphatic heterocycles. The molecule has 0 fully saturated rings. The number of phenols is 1. The molecule has 0 radical (unpaired) electrons. The molecule has 2 aromatic carbocycles. The van der Waals surface area contributed by atoms with E-state index in [1.54, 1.807) is 18.2 Å². The van der Waals surface area contributed by atoms with E-state index in [4.69, 9.17) is 14.3 Å². The van der Waals surface area contributed by atoms with Crippen LogP contribution in [0.2, 0.25) is 0 Å². The zero-order chi connectivity index (χ0) is 18.1. The Bertz CT molecular complexity index is 696. The highest BCUT2D eigenvalue weighted by Gasteiger charge is 2.12. The smallest absolute Gasteiger partial charge is 0.292 e. The van der Waals surface area contributed by atoms with Crippen molar-refractivity contribution in [1.82, 2.24) is 0 Å². The molecule has 130 valence electrons. The predicted molar refractivity (Wildman–Crippen MR) is 93.4 cm³/mol. The number of phenolic OH excluding ortho intramolecular Hbond substituents is 1. The number of hydrogen-bond acceptors (Lipinski definition) is 6. The number of hydrogen-bond donors (Lipinski definition) is 2. The summed E-state index contributed by atoms with van der Waals surface area (Å²) in [5.74, 6) is 0.393. The Labute approximate surface area is 152 Å². The van der Waals surface area contributed by atoms with Crippen LogP contribution in [0.1, 0.15) is 5.56 Å². The number of rotatable bonds is 5. The van der Waals surface area contributed by atoms with Gasteiger partial charge in [-0.25, -0.2) is 4.39 Å². The minimum Gasteiger partial charge on any atom is -0.507 e. The van der Waals surface area contributed by atoms with Crippen LogP contribution in [0.3, 0.4) is 0 Å². The van der Waals surface area contributed by atoms with Crippen molar-refractivity contribution in [3.63, 3.8) is 0 Å². The van der Waals surface area contributed by atoms with Gasteiger partial charge in [0.05, 0.1) is 24.3 Å².